The average molecular weight is 193 g/mol. The number of carbonyl (C=O) groups excluding carboxylic acids is 1. The summed E-state index contributed by atoms with van der Waals surface area (Å²) in [6.07, 6.45) is 2.62. The first-order chi connectivity index (χ1) is 6.74. The minimum Gasteiger partial charge on any atom is -0.465 e. The third-order valence-corrected chi connectivity index (χ3v) is 1.75. The summed E-state index contributed by atoms with van der Waals surface area (Å²) in [6, 6.07) is 0. The van der Waals surface area contributed by atoms with E-state index in [0.29, 0.717) is 5.78 Å². The van der Waals surface area contributed by atoms with Crippen LogP contribution in [0.3, 0.4) is 0 Å². The number of nitrogens with zero attached hydrogens (tertiary/aromatic N) is 4. The zero-order valence-electron chi connectivity index (χ0n) is 7.34. The molecule has 0 aliphatic carbocycles. The van der Waals surface area contributed by atoms with E-state index in [9.17, 15) is 4.79 Å². The van der Waals surface area contributed by atoms with Crippen LogP contribution in [0.5, 0.6) is 0 Å². The molecule has 0 spiro atoms. The Bertz CT molecular complexity index is 492. The minimum absolute atomic E-state index is 0.166. The molecule has 0 fully saturated rings. The maximum atomic E-state index is 11.2. The van der Waals surface area contributed by atoms with Crippen LogP contribution in [0.4, 0.5) is 5.82 Å². The summed E-state index contributed by atoms with van der Waals surface area (Å²) in [5.41, 5.74) is 5.83. The topological polar surface area (TPSA) is 95.4 Å². The molecule has 0 aliphatic heterocycles. The van der Waals surface area contributed by atoms with E-state index in [1.165, 1.54) is 24.1 Å². The number of carbonyl (C=O) groups is 1. The van der Waals surface area contributed by atoms with Gasteiger partial charge in [0.2, 0.25) is 0 Å². The second-order valence-electron chi connectivity index (χ2n) is 2.52. The van der Waals surface area contributed by atoms with Crippen LogP contribution in [-0.4, -0.2) is 32.7 Å². The molecule has 72 valence electrons. The molecule has 0 saturated carbocycles. The third-order valence-electron chi connectivity index (χ3n) is 1.75. The smallest absolute Gasteiger partial charge is 0.343 e. The third kappa shape index (κ3) is 1.06. The monoisotopic (exact) mass is 193 g/mol. The first-order valence-electron chi connectivity index (χ1n) is 3.76. The van der Waals surface area contributed by atoms with E-state index in [0.717, 1.165) is 0 Å². The van der Waals surface area contributed by atoms with E-state index >= 15 is 0 Å². The zero-order chi connectivity index (χ0) is 10.1. The van der Waals surface area contributed by atoms with Gasteiger partial charge in [0.15, 0.2) is 0 Å². The highest BCUT2D eigenvalue weighted by Crippen LogP contribution is 2.11. The second kappa shape index (κ2) is 2.95. The van der Waals surface area contributed by atoms with Crippen LogP contribution in [0.15, 0.2) is 12.5 Å². The van der Waals surface area contributed by atoms with Crippen LogP contribution < -0.4 is 5.73 Å². The molecule has 0 aliphatic rings. The van der Waals surface area contributed by atoms with Crippen molar-refractivity contribution < 1.29 is 9.53 Å². The Morgan fingerprint density at radius 1 is 1.57 bits per heavy atom. The number of hydrogen-bond donors (Lipinski definition) is 1. The zero-order valence-corrected chi connectivity index (χ0v) is 7.34. The Morgan fingerprint density at radius 2 is 2.36 bits per heavy atom. The quantitative estimate of drug-likeness (QED) is 0.613. The summed E-state index contributed by atoms with van der Waals surface area (Å²) in [6.45, 7) is 0. The predicted octanol–water partition coefficient (Wildman–Crippen LogP) is -0.507. The Balaban J connectivity index is 2.67. The number of fused-ring (bicyclic) bond motifs is 1. The van der Waals surface area contributed by atoms with E-state index in [4.69, 9.17) is 5.73 Å². The number of nitrogens with two attached hydrogens (primary N) is 1. The molecule has 0 unspecified atom stereocenters. The van der Waals surface area contributed by atoms with Crippen molar-refractivity contribution in [2.45, 2.75) is 0 Å². The summed E-state index contributed by atoms with van der Waals surface area (Å²) in [7, 11) is 1.27. The molecule has 14 heavy (non-hydrogen) atoms. The molecule has 0 aromatic carbocycles. The van der Waals surface area contributed by atoms with Gasteiger partial charge in [0.1, 0.15) is 17.7 Å². The van der Waals surface area contributed by atoms with Gasteiger partial charge in [-0.3, -0.25) is 0 Å². The number of nitrogen functional groups attached to an aromatic ring is 1. The van der Waals surface area contributed by atoms with Gasteiger partial charge >= 0.3 is 5.97 Å². The first kappa shape index (κ1) is 8.42. The van der Waals surface area contributed by atoms with Gasteiger partial charge < -0.3 is 10.5 Å². The Kier molecular flexibility index (Phi) is 1.77. The molecular weight excluding hydrogens is 186 g/mol. The minimum atomic E-state index is -0.549. The number of anilines is 1. The molecule has 7 nitrogen and oxygen atoms in total. The van der Waals surface area contributed by atoms with E-state index in [-0.39, 0.29) is 11.4 Å². The lowest BCUT2D eigenvalue weighted by atomic mass is 10.3. The molecular formula is C7H7N5O2. The number of aromatic nitrogens is 4. The van der Waals surface area contributed by atoms with Gasteiger partial charge in [0, 0.05) is 6.20 Å². The molecule has 0 radical (unpaired) electrons. The van der Waals surface area contributed by atoms with Crippen LogP contribution >= 0.6 is 0 Å². The van der Waals surface area contributed by atoms with Crippen molar-refractivity contribution in [3.63, 3.8) is 0 Å². The fourth-order valence-electron chi connectivity index (χ4n) is 1.06. The van der Waals surface area contributed by atoms with Crippen LogP contribution in [0.1, 0.15) is 10.4 Å². The highest BCUT2D eigenvalue weighted by atomic mass is 16.5. The summed E-state index contributed by atoms with van der Waals surface area (Å²) in [4.78, 5) is 18.9. The molecule has 2 heterocycles. The number of rotatable bonds is 1. The number of esters is 1. The molecule has 2 N–H and O–H groups in total. The lowest BCUT2D eigenvalue weighted by Crippen LogP contribution is -2.11. The molecule has 2 aromatic rings. The van der Waals surface area contributed by atoms with Crippen molar-refractivity contribution in [1.82, 2.24) is 19.6 Å². The lowest BCUT2D eigenvalue weighted by Gasteiger charge is -2.03. The molecule has 0 amide bonds. The Morgan fingerprint density at radius 3 is 3.07 bits per heavy atom. The maximum absolute atomic E-state index is 11.2. The standard InChI is InChI=1S/C7H7N5O2/c1-14-6(13)4-2-9-7-10-3-11-12(7)5(4)8/h2-3H,8H2,1H3. The van der Waals surface area contributed by atoms with Gasteiger partial charge in [-0.05, 0) is 0 Å². The largest absolute Gasteiger partial charge is 0.465 e. The highest BCUT2D eigenvalue weighted by molar-refractivity contribution is 5.93. The second-order valence-corrected chi connectivity index (χ2v) is 2.52. The van der Waals surface area contributed by atoms with Crippen LogP contribution in [0.25, 0.3) is 5.78 Å². The summed E-state index contributed by atoms with van der Waals surface area (Å²) < 4.78 is 5.79. The number of ether oxygens (including phenoxy) is 1. The fraction of sp³-hybridized carbons (Fsp3) is 0.143. The van der Waals surface area contributed by atoms with Crippen LogP contribution in [0, 0.1) is 0 Å². The fourth-order valence-corrected chi connectivity index (χ4v) is 1.06. The van der Waals surface area contributed by atoms with Crippen molar-refractivity contribution in [3.05, 3.63) is 18.1 Å². The van der Waals surface area contributed by atoms with Gasteiger partial charge in [0.05, 0.1) is 7.11 Å². The average Bonchev–Trinajstić information content (AvgIpc) is 2.66. The predicted molar refractivity (Wildman–Crippen MR) is 46.5 cm³/mol. The van der Waals surface area contributed by atoms with Crippen molar-refractivity contribution in [2.24, 2.45) is 0 Å². The van der Waals surface area contributed by atoms with Crippen molar-refractivity contribution in [3.8, 4) is 0 Å². The van der Waals surface area contributed by atoms with Crippen molar-refractivity contribution >= 4 is 17.6 Å². The first-order valence-corrected chi connectivity index (χ1v) is 3.76. The number of methoxy groups -OCH3 is 1. The Labute approximate surface area is 78.5 Å². The lowest BCUT2D eigenvalue weighted by molar-refractivity contribution is 0.0601. The molecule has 0 atom stereocenters. The van der Waals surface area contributed by atoms with Gasteiger partial charge in [-0.15, -0.1) is 0 Å². The van der Waals surface area contributed by atoms with Gasteiger partial charge in [0.25, 0.3) is 5.78 Å². The summed E-state index contributed by atoms with van der Waals surface area (Å²) in [5.74, 6) is -0.0399. The normalized spacial score (nSPS) is 10.4. The van der Waals surface area contributed by atoms with Crippen molar-refractivity contribution in [2.75, 3.05) is 12.8 Å². The van der Waals surface area contributed by atoms with E-state index in [2.05, 4.69) is 19.8 Å². The molecule has 0 bridgehead atoms. The van der Waals surface area contributed by atoms with Gasteiger partial charge in [-0.2, -0.15) is 14.6 Å². The van der Waals surface area contributed by atoms with Gasteiger partial charge in [-0.1, -0.05) is 0 Å². The van der Waals surface area contributed by atoms with E-state index in [1.807, 2.05) is 0 Å². The summed E-state index contributed by atoms with van der Waals surface area (Å²) in [5, 5.41) is 3.81. The van der Waals surface area contributed by atoms with Crippen molar-refractivity contribution in [1.29, 1.82) is 0 Å². The Hall–Kier alpha value is -2.18. The van der Waals surface area contributed by atoms with Crippen LogP contribution in [0.2, 0.25) is 0 Å². The highest BCUT2D eigenvalue weighted by Gasteiger charge is 2.14. The SMILES string of the molecule is COC(=O)c1cnc2ncnn2c1N. The van der Waals surface area contributed by atoms with Crippen LogP contribution in [-0.2, 0) is 4.74 Å². The molecule has 2 aromatic heterocycles. The van der Waals surface area contributed by atoms with E-state index < -0.39 is 5.97 Å². The molecule has 0 saturated heterocycles. The van der Waals surface area contributed by atoms with E-state index in [1.54, 1.807) is 0 Å². The molecule has 2 rings (SSSR count). The maximum Gasteiger partial charge on any atom is 0.343 e. The van der Waals surface area contributed by atoms with Gasteiger partial charge in [-0.25, -0.2) is 9.78 Å². The molecule has 7 heteroatoms. The summed E-state index contributed by atoms with van der Waals surface area (Å²) >= 11 is 0. The number of hydrogen-bond acceptors (Lipinski definition) is 6.